The van der Waals surface area contributed by atoms with Gasteiger partial charge in [0.25, 0.3) is 0 Å². The minimum atomic E-state index is 0.301. The van der Waals surface area contributed by atoms with E-state index in [-0.39, 0.29) is 0 Å². The van der Waals surface area contributed by atoms with E-state index in [1.165, 1.54) is 0 Å². The minimum absolute atomic E-state index is 0.301. The number of nitrogens with one attached hydrogen (secondary N) is 2. The maximum Gasteiger partial charge on any atom is 0.0924 e. The predicted molar refractivity (Wildman–Crippen MR) is 61.5 cm³/mol. The highest BCUT2D eigenvalue weighted by molar-refractivity contribution is 5.58. The summed E-state index contributed by atoms with van der Waals surface area (Å²) >= 11 is 0. The van der Waals surface area contributed by atoms with Gasteiger partial charge in [-0.1, -0.05) is 30.3 Å². The maximum atomic E-state index is 4.29. The monoisotopic (exact) mass is 201 g/mol. The van der Waals surface area contributed by atoms with Gasteiger partial charge < -0.3 is 5.32 Å². The number of hydrogen-bond acceptors (Lipinski definition) is 2. The van der Waals surface area contributed by atoms with Crippen LogP contribution < -0.4 is 5.32 Å². The van der Waals surface area contributed by atoms with E-state index in [1.54, 1.807) is 0 Å². The fraction of sp³-hybridized carbons (Fsp3) is 0.250. The Bertz CT molecular complexity index is 419. The first-order valence-corrected chi connectivity index (χ1v) is 5.09. The molecule has 0 amide bonds. The second-order valence-electron chi connectivity index (χ2n) is 3.58. The molecule has 0 bridgehead atoms. The average Bonchev–Trinajstić information content (AvgIpc) is 2.78. The van der Waals surface area contributed by atoms with E-state index >= 15 is 0 Å². The lowest BCUT2D eigenvalue weighted by molar-refractivity contribution is 0.630. The first-order valence-electron chi connectivity index (χ1n) is 5.09. The van der Waals surface area contributed by atoms with Crippen molar-refractivity contribution < 1.29 is 0 Å². The Labute approximate surface area is 89.5 Å². The van der Waals surface area contributed by atoms with Gasteiger partial charge in [-0.05, 0) is 20.0 Å². The van der Waals surface area contributed by atoms with Crippen molar-refractivity contribution in [2.45, 2.75) is 13.0 Å². The van der Waals surface area contributed by atoms with Crippen LogP contribution in [0.5, 0.6) is 0 Å². The van der Waals surface area contributed by atoms with Crippen LogP contribution in [-0.2, 0) is 0 Å². The maximum absolute atomic E-state index is 4.29. The molecule has 0 saturated carbocycles. The van der Waals surface area contributed by atoms with E-state index in [0.717, 1.165) is 17.0 Å². The Hall–Kier alpha value is -1.61. The normalized spacial score (nSPS) is 12.7. The summed E-state index contributed by atoms with van der Waals surface area (Å²) in [6.07, 6.45) is 0. The van der Waals surface area contributed by atoms with Gasteiger partial charge in [-0.3, -0.25) is 5.10 Å². The molecule has 2 rings (SSSR count). The molecule has 0 aliphatic rings. The quantitative estimate of drug-likeness (QED) is 0.800. The molecule has 0 radical (unpaired) electrons. The lowest BCUT2D eigenvalue weighted by atomic mass is 10.1. The van der Waals surface area contributed by atoms with Crippen LogP contribution in [-0.4, -0.2) is 17.2 Å². The summed E-state index contributed by atoms with van der Waals surface area (Å²) in [4.78, 5) is 0. The van der Waals surface area contributed by atoms with Gasteiger partial charge in [0.05, 0.1) is 11.4 Å². The molecule has 1 aromatic heterocycles. The van der Waals surface area contributed by atoms with Gasteiger partial charge in [0, 0.05) is 11.6 Å². The van der Waals surface area contributed by atoms with Gasteiger partial charge in [-0.2, -0.15) is 5.10 Å². The van der Waals surface area contributed by atoms with Crippen molar-refractivity contribution in [1.29, 1.82) is 0 Å². The molecule has 2 aromatic rings. The topological polar surface area (TPSA) is 40.7 Å². The first-order chi connectivity index (χ1) is 7.31. The van der Waals surface area contributed by atoms with Crippen molar-refractivity contribution in [3.05, 3.63) is 42.1 Å². The van der Waals surface area contributed by atoms with Crippen molar-refractivity contribution in [1.82, 2.24) is 15.5 Å². The summed E-state index contributed by atoms with van der Waals surface area (Å²) < 4.78 is 0. The number of rotatable bonds is 3. The molecule has 1 unspecified atom stereocenters. The molecule has 2 N–H and O–H groups in total. The van der Waals surface area contributed by atoms with Crippen molar-refractivity contribution >= 4 is 0 Å². The van der Waals surface area contributed by atoms with Gasteiger partial charge in [0.15, 0.2) is 0 Å². The van der Waals surface area contributed by atoms with Crippen LogP contribution in [0.3, 0.4) is 0 Å². The highest BCUT2D eigenvalue weighted by Gasteiger charge is 2.07. The Kier molecular flexibility index (Phi) is 2.83. The van der Waals surface area contributed by atoms with Crippen LogP contribution in [0.4, 0.5) is 0 Å². The Balaban J connectivity index is 2.28. The zero-order chi connectivity index (χ0) is 10.7. The first kappa shape index (κ1) is 9.93. The molecule has 1 heterocycles. The van der Waals surface area contributed by atoms with Crippen LogP contribution >= 0.6 is 0 Å². The summed E-state index contributed by atoms with van der Waals surface area (Å²) in [5, 5.41) is 10.5. The fourth-order valence-electron chi connectivity index (χ4n) is 1.47. The second-order valence-corrected chi connectivity index (χ2v) is 3.58. The highest BCUT2D eigenvalue weighted by atomic mass is 15.1. The summed E-state index contributed by atoms with van der Waals surface area (Å²) in [6.45, 7) is 2.10. The molecule has 1 atom stereocenters. The highest BCUT2D eigenvalue weighted by Crippen LogP contribution is 2.19. The third-order valence-corrected chi connectivity index (χ3v) is 2.57. The Morgan fingerprint density at radius 2 is 2.00 bits per heavy atom. The second kappa shape index (κ2) is 4.28. The number of aromatic amines is 1. The third-order valence-electron chi connectivity index (χ3n) is 2.57. The molecule has 3 nitrogen and oxygen atoms in total. The van der Waals surface area contributed by atoms with E-state index < -0.39 is 0 Å². The summed E-state index contributed by atoms with van der Waals surface area (Å²) in [6, 6.07) is 12.5. The van der Waals surface area contributed by atoms with Crippen molar-refractivity contribution in [2.24, 2.45) is 0 Å². The van der Waals surface area contributed by atoms with Crippen molar-refractivity contribution in [3.63, 3.8) is 0 Å². The van der Waals surface area contributed by atoms with Crippen LogP contribution in [0.15, 0.2) is 36.4 Å². The third kappa shape index (κ3) is 2.07. The number of hydrogen-bond donors (Lipinski definition) is 2. The van der Waals surface area contributed by atoms with E-state index in [1.807, 2.05) is 25.2 Å². The largest absolute Gasteiger partial charge is 0.312 e. The van der Waals surface area contributed by atoms with Crippen LogP contribution in [0.25, 0.3) is 11.3 Å². The molecule has 0 saturated heterocycles. The summed E-state index contributed by atoms with van der Waals surface area (Å²) in [7, 11) is 1.94. The minimum Gasteiger partial charge on any atom is -0.312 e. The molecular weight excluding hydrogens is 186 g/mol. The van der Waals surface area contributed by atoms with Crippen molar-refractivity contribution in [3.8, 4) is 11.3 Å². The average molecular weight is 201 g/mol. The molecule has 0 fully saturated rings. The van der Waals surface area contributed by atoms with Gasteiger partial charge in [0.1, 0.15) is 0 Å². The van der Waals surface area contributed by atoms with Crippen molar-refractivity contribution in [2.75, 3.05) is 7.05 Å². The lowest BCUT2D eigenvalue weighted by Gasteiger charge is -2.05. The van der Waals surface area contributed by atoms with E-state index in [0.29, 0.717) is 6.04 Å². The summed E-state index contributed by atoms with van der Waals surface area (Å²) in [5.74, 6) is 0. The molecule has 1 aromatic carbocycles. The molecule has 78 valence electrons. The number of benzene rings is 1. The van der Waals surface area contributed by atoms with Gasteiger partial charge in [-0.25, -0.2) is 0 Å². The predicted octanol–water partition coefficient (Wildman–Crippen LogP) is 2.36. The molecule has 0 spiro atoms. The molecule has 0 aliphatic carbocycles. The van der Waals surface area contributed by atoms with E-state index in [4.69, 9.17) is 0 Å². The lowest BCUT2D eigenvalue weighted by Crippen LogP contribution is -2.12. The smallest absolute Gasteiger partial charge is 0.0924 e. The zero-order valence-electron chi connectivity index (χ0n) is 8.99. The number of nitrogens with zero attached hydrogens (tertiary/aromatic N) is 1. The van der Waals surface area contributed by atoms with Crippen LogP contribution in [0, 0.1) is 0 Å². The van der Waals surface area contributed by atoms with Gasteiger partial charge >= 0.3 is 0 Å². The molecular formula is C12H15N3. The van der Waals surface area contributed by atoms with E-state index in [9.17, 15) is 0 Å². The Morgan fingerprint density at radius 3 is 2.67 bits per heavy atom. The van der Waals surface area contributed by atoms with Gasteiger partial charge in [0.2, 0.25) is 0 Å². The summed E-state index contributed by atoms with van der Waals surface area (Å²) in [5.41, 5.74) is 3.24. The van der Waals surface area contributed by atoms with Crippen LogP contribution in [0.1, 0.15) is 18.7 Å². The molecule has 3 heteroatoms. The Morgan fingerprint density at radius 1 is 1.27 bits per heavy atom. The molecule has 0 aliphatic heterocycles. The van der Waals surface area contributed by atoms with E-state index in [2.05, 4.69) is 40.6 Å². The van der Waals surface area contributed by atoms with Gasteiger partial charge in [-0.15, -0.1) is 0 Å². The standard InChI is InChI=1S/C12H15N3/c1-9(13-2)11-8-12(15-14-11)10-6-4-3-5-7-10/h3-9,13H,1-2H3,(H,14,15). The molecule has 15 heavy (non-hydrogen) atoms. The fourth-order valence-corrected chi connectivity index (χ4v) is 1.47. The zero-order valence-corrected chi connectivity index (χ0v) is 8.99. The van der Waals surface area contributed by atoms with Crippen LogP contribution in [0.2, 0.25) is 0 Å². The number of H-pyrrole nitrogens is 1. The number of aromatic nitrogens is 2. The SMILES string of the molecule is CNC(C)c1cc(-c2ccccc2)n[nH]1.